The molecule has 11 heteroatoms. The van der Waals surface area contributed by atoms with Gasteiger partial charge in [-0.2, -0.15) is 21.6 Å². The Labute approximate surface area is 140 Å². The summed E-state index contributed by atoms with van der Waals surface area (Å²) in [4.78, 5) is 16.0. The second kappa shape index (κ2) is 6.39. The largest absolute Gasteiger partial charge is 0.534 e. The molecule has 0 fully saturated rings. The summed E-state index contributed by atoms with van der Waals surface area (Å²) in [6.45, 7) is 3.13. The van der Waals surface area contributed by atoms with Crippen LogP contribution in [0.5, 0.6) is 5.75 Å². The van der Waals surface area contributed by atoms with Gasteiger partial charge in [0.2, 0.25) is 5.91 Å². The first-order chi connectivity index (χ1) is 11.4. The molecule has 0 atom stereocenters. The molecule has 0 unspecified atom stereocenters. The summed E-state index contributed by atoms with van der Waals surface area (Å²) in [6.07, 6.45) is 2.62. The molecule has 25 heavy (non-hydrogen) atoms. The minimum atomic E-state index is -5.75. The van der Waals surface area contributed by atoms with Crippen LogP contribution in [0.2, 0.25) is 0 Å². The van der Waals surface area contributed by atoms with Crippen LogP contribution in [0.1, 0.15) is 19.4 Å². The Bertz CT molecular complexity index is 844. The predicted octanol–water partition coefficient (Wildman–Crippen LogP) is 2.82. The number of nitrogens with zero attached hydrogens (tertiary/aromatic N) is 1. The van der Waals surface area contributed by atoms with Crippen molar-refractivity contribution in [2.45, 2.75) is 24.8 Å². The normalized spacial score (nSPS) is 12.7. The van der Waals surface area contributed by atoms with Gasteiger partial charge < -0.3 is 8.60 Å². The molecule has 0 aliphatic heterocycles. The molecular formula is C14H13F3N2O5S. The summed E-state index contributed by atoms with van der Waals surface area (Å²) in [5, 5.41) is 2.44. The number of hydrogen-bond donors (Lipinski definition) is 1. The van der Waals surface area contributed by atoms with Crippen LogP contribution in [0.4, 0.5) is 19.2 Å². The molecule has 0 radical (unpaired) electrons. The molecule has 2 rings (SSSR count). The summed E-state index contributed by atoms with van der Waals surface area (Å²) < 4.78 is 67.7. The van der Waals surface area contributed by atoms with Crippen LogP contribution in [-0.2, 0) is 20.3 Å². The van der Waals surface area contributed by atoms with Crippen molar-refractivity contribution in [3.63, 3.8) is 0 Å². The maximum Gasteiger partial charge on any atom is 0.534 e. The molecule has 1 aromatic carbocycles. The van der Waals surface area contributed by atoms with Crippen LogP contribution in [-0.4, -0.2) is 24.8 Å². The molecule has 1 amide bonds. The van der Waals surface area contributed by atoms with Gasteiger partial charge in [0.05, 0.1) is 11.6 Å². The molecule has 2 aromatic rings. The van der Waals surface area contributed by atoms with Gasteiger partial charge in [0.15, 0.2) is 0 Å². The van der Waals surface area contributed by atoms with Crippen molar-refractivity contribution in [1.29, 1.82) is 0 Å². The van der Waals surface area contributed by atoms with Crippen molar-refractivity contribution >= 4 is 22.0 Å². The molecule has 1 heterocycles. The molecule has 0 aliphatic rings. The number of carbonyl (C=O) groups excluding carboxylic acids is 1. The number of nitrogens with one attached hydrogen (secondary N) is 1. The van der Waals surface area contributed by atoms with Gasteiger partial charge in [-0.15, -0.1) is 0 Å². The smallest absolute Gasteiger partial charge is 0.432 e. The van der Waals surface area contributed by atoms with Gasteiger partial charge >= 0.3 is 21.6 Å². The number of alkyl halides is 3. The third kappa shape index (κ3) is 4.10. The highest BCUT2D eigenvalue weighted by Crippen LogP contribution is 2.30. The first kappa shape index (κ1) is 18.8. The van der Waals surface area contributed by atoms with E-state index in [1.54, 1.807) is 13.8 Å². The quantitative estimate of drug-likeness (QED) is 0.635. The van der Waals surface area contributed by atoms with E-state index in [2.05, 4.69) is 14.5 Å². The second-order valence-electron chi connectivity index (χ2n) is 5.42. The van der Waals surface area contributed by atoms with Gasteiger partial charge in [-0.05, 0) is 31.5 Å². The van der Waals surface area contributed by atoms with Crippen LogP contribution in [0.15, 0.2) is 41.1 Å². The standard InChI is InChI=1S/C14H13F3N2O5S/c1-13(2,11(20)19-12-18-7-8-23-12)9-3-5-10(6-4-9)24-25(21,22)14(15,16)17/h3-8H,1-2H3,(H,18,19,20). The van der Waals surface area contributed by atoms with Crippen molar-refractivity contribution in [2.75, 3.05) is 5.32 Å². The highest BCUT2D eigenvalue weighted by Gasteiger charge is 2.48. The Kier molecular flexibility index (Phi) is 4.80. The Balaban J connectivity index is 2.17. The van der Waals surface area contributed by atoms with Gasteiger partial charge in [0.1, 0.15) is 12.0 Å². The van der Waals surface area contributed by atoms with Gasteiger partial charge in [0.25, 0.3) is 0 Å². The number of rotatable bonds is 5. The number of hydrogen-bond acceptors (Lipinski definition) is 6. The van der Waals surface area contributed by atoms with Crippen molar-refractivity contribution in [1.82, 2.24) is 4.98 Å². The first-order valence-corrected chi connectivity index (χ1v) is 8.16. The zero-order valence-corrected chi connectivity index (χ0v) is 13.8. The molecule has 0 aliphatic carbocycles. The molecule has 0 bridgehead atoms. The summed E-state index contributed by atoms with van der Waals surface area (Å²) in [6, 6.07) is 4.62. The minimum Gasteiger partial charge on any atom is -0.432 e. The summed E-state index contributed by atoms with van der Waals surface area (Å²) in [7, 11) is -5.75. The van der Waals surface area contributed by atoms with Crippen molar-refractivity contribution in [3.05, 3.63) is 42.3 Å². The fourth-order valence-corrected chi connectivity index (χ4v) is 2.23. The molecule has 0 saturated heterocycles. The van der Waals surface area contributed by atoms with Gasteiger partial charge in [-0.25, -0.2) is 4.98 Å². The topological polar surface area (TPSA) is 98.5 Å². The zero-order chi connectivity index (χ0) is 18.9. The average Bonchev–Trinajstić information content (AvgIpc) is 2.99. The third-order valence-corrected chi connectivity index (χ3v) is 4.26. The highest BCUT2D eigenvalue weighted by atomic mass is 32.2. The maximum absolute atomic E-state index is 12.3. The van der Waals surface area contributed by atoms with E-state index >= 15 is 0 Å². The number of oxazole rings is 1. The lowest BCUT2D eigenvalue weighted by Crippen LogP contribution is -2.34. The van der Waals surface area contributed by atoms with Gasteiger partial charge in [-0.3, -0.25) is 10.1 Å². The van der Waals surface area contributed by atoms with Crippen LogP contribution < -0.4 is 9.50 Å². The SMILES string of the molecule is CC(C)(C(=O)Nc1ncco1)c1ccc(OS(=O)(=O)C(F)(F)F)cc1. The third-order valence-electron chi connectivity index (χ3n) is 3.29. The summed E-state index contributed by atoms with van der Waals surface area (Å²) in [5.74, 6) is -1.00. The van der Waals surface area contributed by atoms with E-state index in [9.17, 15) is 26.4 Å². The predicted molar refractivity (Wildman–Crippen MR) is 80.2 cm³/mol. The molecule has 7 nitrogen and oxygen atoms in total. The van der Waals surface area contributed by atoms with E-state index in [0.717, 1.165) is 12.1 Å². The van der Waals surface area contributed by atoms with Crippen molar-refractivity contribution in [3.8, 4) is 5.75 Å². The number of anilines is 1. The molecule has 0 saturated carbocycles. The molecule has 1 aromatic heterocycles. The van der Waals surface area contributed by atoms with Crippen molar-refractivity contribution < 1.29 is 35.0 Å². The fraction of sp³-hybridized carbons (Fsp3) is 0.286. The Hall–Kier alpha value is -2.56. The first-order valence-electron chi connectivity index (χ1n) is 6.76. The average molecular weight is 378 g/mol. The number of benzene rings is 1. The Morgan fingerprint density at radius 3 is 2.28 bits per heavy atom. The van der Waals surface area contributed by atoms with Gasteiger partial charge in [-0.1, -0.05) is 12.1 Å². The van der Waals surface area contributed by atoms with E-state index < -0.39 is 32.7 Å². The Morgan fingerprint density at radius 2 is 1.80 bits per heavy atom. The Morgan fingerprint density at radius 1 is 1.20 bits per heavy atom. The maximum atomic E-state index is 12.3. The zero-order valence-electron chi connectivity index (χ0n) is 13.0. The van der Waals surface area contributed by atoms with E-state index in [1.807, 2.05) is 0 Å². The van der Waals surface area contributed by atoms with E-state index in [-0.39, 0.29) is 6.01 Å². The van der Waals surface area contributed by atoms with Crippen LogP contribution in [0.25, 0.3) is 0 Å². The summed E-state index contributed by atoms with van der Waals surface area (Å²) >= 11 is 0. The summed E-state index contributed by atoms with van der Waals surface area (Å²) in [5.41, 5.74) is -6.22. The highest BCUT2D eigenvalue weighted by molar-refractivity contribution is 7.88. The number of halogens is 3. The molecule has 136 valence electrons. The van der Waals surface area contributed by atoms with Crippen LogP contribution in [0, 0.1) is 0 Å². The van der Waals surface area contributed by atoms with E-state index in [4.69, 9.17) is 4.42 Å². The van der Waals surface area contributed by atoms with Crippen LogP contribution in [0.3, 0.4) is 0 Å². The lowest BCUT2D eigenvalue weighted by molar-refractivity contribution is -0.120. The van der Waals surface area contributed by atoms with Gasteiger partial charge in [0, 0.05) is 0 Å². The molecule has 1 N–H and O–H groups in total. The second-order valence-corrected chi connectivity index (χ2v) is 6.96. The lowest BCUT2D eigenvalue weighted by Gasteiger charge is -2.23. The van der Waals surface area contributed by atoms with E-state index in [0.29, 0.717) is 5.56 Å². The van der Waals surface area contributed by atoms with Crippen LogP contribution >= 0.6 is 0 Å². The monoisotopic (exact) mass is 378 g/mol. The molecular weight excluding hydrogens is 365 g/mol. The fourth-order valence-electron chi connectivity index (χ4n) is 1.77. The van der Waals surface area contributed by atoms with Crippen molar-refractivity contribution in [2.24, 2.45) is 0 Å². The number of amides is 1. The number of carbonyl (C=O) groups is 1. The minimum absolute atomic E-state index is 0.00528. The molecule has 0 spiro atoms. The van der Waals surface area contributed by atoms with E-state index in [1.165, 1.54) is 24.6 Å². The number of aromatic nitrogens is 1. The lowest BCUT2D eigenvalue weighted by atomic mass is 9.84.